The largest absolute Gasteiger partial charge is 0.494 e. The SMILES string of the molecule is CCN(C(=O)c1ccc(C#N)cc1)C1=CC(C)CC(C(=O)Nc2c(Cl)cc(C(F)(C(F)(F)F)C(F)(F)F)cc2Br)=C1OC. The lowest BCUT2D eigenvalue weighted by atomic mass is 9.91. The Bertz CT molecular complexity index is 1490. The van der Waals surface area contributed by atoms with Gasteiger partial charge in [0.05, 0.1) is 40.7 Å². The van der Waals surface area contributed by atoms with Crippen LogP contribution >= 0.6 is 27.5 Å². The zero-order chi connectivity index (χ0) is 32.5. The molecule has 0 aromatic heterocycles. The smallest absolute Gasteiger partial charge is 0.435 e. The van der Waals surface area contributed by atoms with Gasteiger partial charge in [0, 0.05) is 22.1 Å². The molecule has 3 rings (SSSR count). The van der Waals surface area contributed by atoms with Gasteiger partial charge in [-0.1, -0.05) is 24.6 Å². The highest BCUT2D eigenvalue weighted by atomic mass is 79.9. The zero-order valence-corrected chi connectivity index (χ0v) is 24.9. The molecule has 1 aliphatic rings. The van der Waals surface area contributed by atoms with E-state index >= 15 is 0 Å². The fourth-order valence-corrected chi connectivity index (χ4v) is 5.38. The summed E-state index contributed by atoms with van der Waals surface area (Å²) in [7, 11) is 1.25. The molecule has 1 N–H and O–H groups in total. The number of carbonyl (C=O) groups excluding carboxylic acids is 2. The van der Waals surface area contributed by atoms with E-state index in [2.05, 4.69) is 21.2 Å². The van der Waals surface area contributed by atoms with Crippen molar-refractivity contribution in [1.29, 1.82) is 5.26 Å². The first-order chi connectivity index (χ1) is 19.9. The Morgan fingerprint density at radius 2 is 1.70 bits per heavy atom. The predicted octanol–water partition coefficient (Wildman–Crippen LogP) is 8.19. The molecular weight excluding hydrogens is 675 g/mol. The highest BCUT2D eigenvalue weighted by Crippen LogP contribution is 2.54. The van der Waals surface area contributed by atoms with Crippen molar-refractivity contribution in [3.8, 4) is 6.07 Å². The minimum Gasteiger partial charge on any atom is -0.494 e. The van der Waals surface area contributed by atoms with Crippen molar-refractivity contribution in [1.82, 2.24) is 4.90 Å². The molecule has 0 bridgehead atoms. The number of hydrogen-bond acceptors (Lipinski definition) is 4. The summed E-state index contributed by atoms with van der Waals surface area (Å²) >= 11 is 8.77. The van der Waals surface area contributed by atoms with Crippen molar-refractivity contribution in [2.24, 2.45) is 5.92 Å². The highest BCUT2D eigenvalue weighted by Gasteiger charge is 2.73. The van der Waals surface area contributed by atoms with Gasteiger partial charge in [0.15, 0.2) is 5.76 Å². The number of amides is 2. The number of benzene rings is 2. The molecule has 15 heteroatoms. The summed E-state index contributed by atoms with van der Waals surface area (Å²) in [6.45, 7) is 3.56. The first kappa shape index (κ1) is 33.9. The number of carbonyl (C=O) groups is 2. The minimum atomic E-state index is -6.36. The Morgan fingerprint density at radius 3 is 2.16 bits per heavy atom. The van der Waals surface area contributed by atoms with E-state index in [1.807, 2.05) is 6.07 Å². The molecule has 2 amide bonds. The molecule has 43 heavy (non-hydrogen) atoms. The van der Waals surface area contributed by atoms with Gasteiger partial charge in [-0.15, -0.1) is 0 Å². The monoisotopic (exact) mass is 695 g/mol. The number of likely N-dealkylation sites (N-methyl/N-ethyl adjacent to an activating group) is 1. The minimum absolute atomic E-state index is 0.00366. The molecule has 0 saturated heterocycles. The topological polar surface area (TPSA) is 82.4 Å². The molecule has 0 aliphatic heterocycles. The van der Waals surface area contributed by atoms with Crippen LogP contribution in [0, 0.1) is 17.2 Å². The van der Waals surface area contributed by atoms with Crippen molar-refractivity contribution >= 4 is 45.0 Å². The molecule has 2 aromatic carbocycles. The Morgan fingerprint density at radius 1 is 1.12 bits per heavy atom. The maximum atomic E-state index is 14.6. The summed E-state index contributed by atoms with van der Waals surface area (Å²) in [5.74, 6) is -1.69. The van der Waals surface area contributed by atoms with Crippen LogP contribution in [0.2, 0.25) is 5.02 Å². The number of alkyl halides is 7. The molecule has 6 nitrogen and oxygen atoms in total. The number of methoxy groups -OCH3 is 1. The van der Waals surface area contributed by atoms with Gasteiger partial charge in [0.25, 0.3) is 11.8 Å². The molecule has 0 spiro atoms. The lowest BCUT2D eigenvalue weighted by molar-refractivity contribution is -0.348. The molecule has 230 valence electrons. The van der Waals surface area contributed by atoms with E-state index < -0.39 is 50.6 Å². The number of halogens is 9. The van der Waals surface area contributed by atoms with Crippen LogP contribution in [0.5, 0.6) is 0 Å². The van der Waals surface area contributed by atoms with Crippen LogP contribution in [-0.4, -0.2) is 42.7 Å². The average molecular weight is 697 g/mol. The Labute approximate surface area is 254 Å². The number of nitrogens with zero attached hydrogens (tertiary/aromatic N) is 2. The van der Waals surface area contributed by atoms with Crippen LogP contribution in [0.4, 0.5) is 36.4 Å². The number of anilines is 1. The average Bonchev–Trinajstić information content (AvgIpc) is 2.93. The van der Waals surface area contributed by atoms with Gasteiger partial charge >= 0.3 is 18.0 Å². The molecule has 0 heterocycles. The van der Waals surface area contributed by atoms with E-state index in [1.54, 1.807) is 19.9 Å². The second kappa shape index (κ2) is 12.6. The fraction of sp³-hybridized carbons (Fsp3) is 0.321. The number of nitrogens with one attached hydrogen (secondary N) is 1. The Balaban J connectivity index is 2.02. The summed E-state index contributed by atoms with van der Waals surface area (Å²) in [5, 5.41) is 10.6. The number of rotatable bonds is 7. The van der Waals surface area contributed by atoms with Crippen molar-refractivity contribution < 1.29 is 45.1 Å². The summed E-state index contributed by atoms with van der Waals surface area (Å²) in [6.07, 6.45) is -11.0. The first-order valence-corrected chi connectivity index (χ1v) is 13.5. The molecule has 0 fully saturated rings. The fourth-order valence-electron chi connectivity index (χ4n) is 4.44. The summed E-state index contributed by atoms with van der Waals surface area (Å²) in [5.41, 5.74) is -7.17. The molecular formula is C28H22BrClF7N3O3. The van der Waals surface area contributed by atoms with E-state index in [1.165, 1.54) is 36.3 Å². The van der Waals surface area contributed by atoms with Gasteiger partial charge < -0.3 is 15.0 Å². The third kappa shape index (κ3) is 6.52. The molecule has 1 aliphatic carbocycles. The lowest BCUT2D eigenvalue weighted by Crippen LogP contribution is -2.50. The van der Waals surface area contributed by atoms with E-state index in [-0.39, 0.29) is 53.6 Å². The molecule has 1 unspecified atom stereocenters. The zero-order valence-electron chi connectivity index (χ0n) is 22.6. The quantitative estimate of drug-likeness (QED) is 0.296. The van der Waals surface area contributed by atoms with Gasteiger partial charge in [-0.3, -0.25) is 9.59 Å². The van der Waals surface area contributed by atoms with Crippen LogP contribution in [0.1, 0.15) is 41.8 Å². The first-order valence-electron chi connectivity index (χ1n) is 12.4. The van der Waals surface area contributed by atoms with Crippen molar-refractivity contribution in [3.05, 3.63) is 85.7 Å². The van der Waals surface area contributed by atoms with E-state index in [0.717, 1.165) is 0 Å². The second-order valence-electron chi connectivity index (χ2n) is 9.41. The van der Waals surface area contributed by atoms with Crippen LogP contribution in [0.3, 0.4) is 0 Å². The normalized spacial score (nSPS) is 15.9. The molecule has 0 saturated carbocycles. The van der Waals surface area contributed by atoms with Crippen LogP contribution in [0.15, 0.2) is 64.0 Å². The van der Waals surface area contributed by atoms with E-state index in [0.29, 0.717) is 5.56 Å². The van der Waals surface area contributed by atoms with Gasteiger partial charge in [-0.25, -0.2) is 4.39 Å². The molecule has 1 atom stereocenters. The van der Waals surface area contributed by atoms with Gasteiger partial charge in [-0.05, 0) is 71.6 Å². The van der Waals surface area contributed by atoms with E-state index in [4.69, 9.17) is 21.6 Å². The maximum Gasteiger partial charge on any atom is 0.435 e. The third-order valence-electron chi connectivity index (χ3n) is 6.53. The van der Waals surface area contributed by atoms with Gasteiger partial charge in [-0.2, -0.15) is 31.6 Å². The van der Waals surface area contributed by atoms with Crippen molar-refractivity contribution in [2.75, 3.05) is 19.0 Å². The number of ether oxygens (including phenoxy) is 1. The van der Waals surface area contributed by atoms with Crippen LogP contribution in [0.25, 0.3) is 0 Å². The van der Waals surface area contributed by atoms with Crippen molar-refractivity contribution in [3.63, 3.8) is 0 Å². The standard InChI is InChI=1S/C28H22BrClF7N3O3/c1-4-40(25(42)16-7-5-15(13-38)6-8-16)21-10-14(2)9-18(23(21)43-3)24(41)39-22-19(29)11-17(12-20(22)30)26(31,27(32,33)34)28(35,36)37/h5-8,10-12,14H,4,9H2,1-3H3,(H,39,41). The third-order valence-corrected chi connectivity index (χ3v) is 7.45. The summed E-state index contributed by atoms with van der Waals surface area (Å²) in [4.78, 5) is 28.1. The van der Waals surface area contributed by atoms with Gasteiger partial charge in [0.2, 0.25) is 0 Å². The number of nitriles is 1. The highest BCUT2D eigenvalue weighted by molar-refractivity contribution is 9.10. The molecule has 0 radical (unpaired) electrons. The van der Waals surface area contributed by atoms with Crippen LogP contribution in [-0.2, 0) is 15.2 Å². The maximum absolute atomic E-state index is 14.6. The molecule has 2 aromatic rings. The second-order valence-corrected chi connectivity index (χ2v) is 10.7. The number of allylic oxidation sites excluding steroid dienone is 1. The van der Waals surface area contributed by atoms with Gasteiger partial charge in [0.1, 0.15) is 0 Å². The van der Waals surface area contributed by atoms with Crippen LogP contribution < -0.4 is 5.32 Å². The van der Waals surface area contributed by atoms with E-state index in [9.17, 15) is 40.3 Å². The Hall–Kier alpha value is -3.57. The lowest BCUT2D eigenvalue weighted by Gasteiger charge is -2.31. The Kier molecular flexibility index (Phi) is 9.92. The summed E-state index contributed by atoms with van der Waals surface area (Å²) < 4.78 is 99.1. The number of hydrogen-bond donors (Lipinski definition) is 1. The summed E-state index contributed by atoms with van der Waals surface area (Å²) in [6, 6.07) is 8.19. The van der Waals surface area contributed by atoms with Crippen molar-refractivity contribution in [2.45, 2.75) is 38.3 Å². The predicted molar refractivity (Wildman–Crippen MR) is 146 cm³/mol.